The topological polar surface area (TPSA) is 9.23 Å². The second kappa shape index (κ2) is 7.25. The summed E-state index contributed by atoms with van der Waals surface area (Å²) in [6.45, 7) is 4.98. The SMILES string of the molecule is CCOc1ccc(-c2cc3c(c(C)c2-c2ccccc2)Cc2ccccc2-3)cc1. The van der Waals surface area contributed by atoms with E-state index in [0.29, 0.717) is 6.61 Å². The molecule has 0 spiro atoms. The molecule has 0 N–H and O–H groups in total. The van der Waals surface area contributed by atoms with E-state index in [-0.39, 0.29) is 0 Å². The molecule has 0 aliphatic heterocycles. The van der Waals surface area contributed by atoms with E-state index < -0.39 is 0 Å². The van der Waals surface area contributed by atoms with E-state index in [1.54, 1.807) is 0 Å². The fourth-order valence-electron chi connectivity index (χ4n) is 4.56. The van der Waals surface area contributed by atoms with Crippen LogP contribution < -0.4 is 4.74 Å². The first-order valence-electron chi connectivity index (χ1n) is 10.3. The molecule has 1 nitrogen and oxygen atoms in total. The first-order valence-corrected chi connectivity index (χ1v) is 10.3. The van der Waals surface area contributed by atoms with Gasteiger partial charge in [-0.3, -0.25) is 0 Å². The molecule has 1 aliphatic rings. The molecule has 0 radical (unpaired) electrons. The zero-order chi connectivity index (χ0) is 19.8. The van der Waals surface area contributed by atoms with E-state index in [4.69, 9.17) is 4.74 Å². The van der Waals surface area contributed by atoms with Gasteiger partial charge in [0.05, 0.1) is 6.61 Å². The van der Waals surface area contributed by atoms with E-state index in [1.165, 1.54) is 50.1 Å². The van der Waals surface area contributed by atoms with Gasteiger partial charge in [0, 0.05) is 0 Å². The van der Waals surface area contributed by atoms with Gasteiger partial charge in [-0.1, -0.05) is 66.7 Å². The van der Waals surface area contributed by atoms with Gasteiger partial charge >= 0.3 is 0 Å². The predicted octanol–water partition coefficient (Wildman–Crippen LogP) is 7.30. The molecule has 5 rings (SSSR count). The Kier molecular flexibility index (Phi) is 4.44. The third kappa shape index (κ3) is 3.03. The van der Waals surface area contributed by atoms with Crippen LogP contribution in [-0.2, 0) is 6.42 Å². The number of benzene rings is 4. The van der Waals surface area contributed by atoms with Crippen LogP contribution in [0.25, 0.3) is 33.4 Å². The van der Waals surface area contributed by atoms with Crippen molar-refractivity contribution in [3.63, 3.8) is 0 Å². The van der Waals surface area contributed by atoms with Gasteiger partial charge in [0.15, 0.2) is 0 Å². The minimum atomic E-state index is 0.684. The number of hydrogen-bond acceptors (Lipinski definition) is 1. The Hall–Kier alpha value is -3.32. The molecule has 0 atom stereocenters. The van der Waals surface area contributed by atoms with Crippen molar-refractivity contribution >= 4 is 0 Å². The first-order chi connectivity index (χ1) is 14.3. The fourth-order valence-corrected chi connectivity index (χ4v) is 4.56. The lowest BCUT2D eigenvalue weighted by molar-refractivity contribution is 0.340. The third-order valence-corrected chi connectivity index (χ3v) is 5.92. The minimum absolute atomic E-state index is 0.684. The van der Waals surface area contributed by atoms with Crippen LogP contribution in [0.4, 0.5) is 0 Å². The predicted molar refractivity (Wildman–Crippen MR) is 121 cm³/mol. The number of fused-ring (bicyclic) bond motifs is 3. The highest BCUT2D eigenvalue weighted by Gasteiger charge is 2.24. The van der Waals surface area contributed by atoms with E-state index >= 15 is 0 Å². The van der Waals surface area contributed by atoms with Crippen molar-refractivity contribution in [1.29, 1.82) is 0 Å². The second-order valence-electron chi connectivity index (χ2n) is 7.61. The lowest BCUT2D eigenvalue weighted by Gasteiger charge is -2.18. The molecule has 0 saturated heterocycles. The number of rotatable bonds is 4. The zero-order valence-corrected chi connectivity index (χ0v) is 16.9. The maximum absolute atomic E-state index is 5.66. The quantitative estimate of drug-likeness (QED) is 0.320. The fraction of sp³-hybridized carbons (Fsp3) is 0.143. The Morgan fingerprint density at radius 1 is 0.724 bits per heavy atom. The van der Waals surface area contributed by atoms with Gasteiger partial charge in [-0.2, -0.15) is 0 Å². The maximum Gasteiger partial charge on any atom is 0.119 e. The summed E-state index contributed by atoms with van der Waals surface area (Å²) < 4.78 is 5.66. The summed E-state index contributed by atoms with van der Waals surface area (Å²) in [6.07, 6.45) is 1.01. The summed E-state index contributed by atoms with van der Waals surface area (Å²) in [5.41, 5.74) is 12.1. The molecule has 0 unspecified atom stereocenters. The van der Waals surface area contributed by atoms with E-state index in [1.807, 2.05) is 6.92 Å². The molecule has 142 valence electrons. The molecule has 0 aromatic heterocycles. The van der Waals surface area contributed by atoms with Gasteiger partial charge in [-0.15, -0.1) is 0 Å². The molecule has 0 fully saturated rings. The molecule has 4 aromatic rings. The van der Waals surface area contributed by atoms with Gasteiger partial charge in [0.2, 0.25) is 0 Å². The second-order valence-corrected chi connectivity index (χ2v) is 7.61. The van der Waals surface area contributed by atoms with E-state index in [2.05, 4.69) is 91.9 Å². The molecule has 29 heavy (non-hydrogen) atoms. The van der Waals surface area contributed by atoms with Crippen molar-refractivity contribution in [2.75, 3.05) is 6.61 Å². The molecule has 0 heterocycles. The average molecular weight is 376 g/mol. The van der Waals surface area contributed by atoms with Crippen LogP contribution in [0.1, 0.15) is 23.6 Å². The summed E-state index contributed by atoms with van der Waals surface area (Å²) in [5, 5.41) is 0. The van der Waals surface area contributed by atoms with Gasteiger partial charge in [0.25, 0.3) is 0 Å². The summed E-state index contributed by atoms with van der Waals surface area (Å²) in [6, 6.07) is 30.5. The van der Waals surface area contributed by atoms with Crippen LogP contribution in [0.3, 0.4) is 0 Å². The summed E-state index contributed by atoms with van der Waals surface area (Å²) >= 11 is 0. The summed E-state index contributed by atoms with van der Waals surface area (Å²) in [4.78, 5) is 0. The zero-order valence-electron chi connectivity index (χ0n) is 16.9. The molecule has 0 saturated carbocycles. The van der Waals surface area contributed by atoms with Gasteiger partial charge in [0.1, 0.15) is 5.75 Å². The van der Waals surface area contributed by atoms with Crippen molar-refractivity contribution in [3.05, 3.63) is 102 Å². The highest BCUT2D eigenvalue weighted by molar-refractivity contribution is 5.93. The van der Waals surface area contributed by atoms with E-state index in [0.717, 1.165) is 12.2 Å². The molecule has 4 aromatic carbocycles. The minimum Gasteiger partial charge on any atom is -0.494 e. The standard InChI is InChI=1S/C28H24O/c1-3-29-23-15-13-20(14-16-23)26-18-27-24-12-8-7-11-22(24)17-25(27)19(2)28(26)21-9-5-4-6-10-21/h4-16,18H,3,17H2,1-2H3. The van der Waals surface area contributed by atoms with Gasteiger partial charge in [-0.05, 0) is 88.5 Å². The Balaban J connectivity index is 1.75. The van der Waals surface area contributed by atoms with Crippen molar-refractivity contribution < 1.29 is 4.74 Å². The van der Waals surface area contributed by atoms with Gasteiger partial charge in [-0.25, -0.2) is 0 Å². The van der Waals surface area contributed by atoms with Crippen LogP contribution in [0.2, 0.25) is 0 Å². The van der Waals surface area contributed by atoms with Crippen molar-refractivity contribution in [2.45, 2.75) is 20.3 Å². The molecular formula is C28H24O. The molecular weight excluding hydrogens is 352 g/mol. The monoisotopic (exact) mass is 376 g/mol. The highest BCUT2D eigenvalue weighted by Crippen LogP contribution is 2.46. The molecule has 1 heteroatoms. The lowest BCUT2D eigenvalue weighted by atomic mass is 9.86. The lowest BCUT2D eigenvalue weighted by Crippen LogP contribution is -1.96. The van der Waals surface area contributed by atoms with Crippen LogP contribution in [0.5, 0.6) is 5.75 Å². The summed E-state index contributed by atoms with van der Waals surface area (Å²) in [7, 11) is 0. The van der Waals surface area contributed by atoms with Crippen LogP contribution in [0, 0.1) is 6.92 Å². The first kappa shape index (κ1) is 17.8. The van der Waals surface area contributed by atoms with E-state index in [9.17, 15) is 0 Å². The third-order valence-electron chi connectivity index (χ3n) is 5.92. The summed E-state index contributed by atoms with van der Waals surface area (Å²) in [5.74, 6) is 0.917. The molecule has 1 aliphatic carbocycles. The van der Waals surface area contributed by atoms with Crippen molar-refractivity contribution in [3.8, 4) is 39.1 Å². The Morgan fingerprint density at radius 3 is 2.21 bits per heavy atom. The normalized spacial score (nSPS) is 11.8. The van der Waals surface area contributed by atoms with Crippen LogP contribution in [-0.4, -0.2) is 6.61 Å². The number of ether oxygens (including phenoxy) is 1. The van der Waals surface area contributed by atoms with Crippen molar-refractivity contribution in [2.24, 2.45) is 0 Å². The number of hydrogen-bond donors (Lipinski definition) is 0. The molecule has 0 bridgehead atoms. The largest absolute Gasteiger partial charge is 0.494 e. The van der Waals surface area contributed by atoms with Crippen molar-refractivity contribution in [1.82, 2.24) is 0 Å². The van der Waals surface area contributed by atoms with Crippen LogP contribution in [0.15, 0.2) is 84.9 Å². The maximum atomic E-state index is 5.66. The smallest absolute Gasteiger partial charge is 0.119 e. The average Bonchev–Trinajstić information content (AvgIpc) is 3.14. The highest BCUT2D eigenvalue weighted by atomic mass is 16.5. The van der Waals surface area contributed by atoms with Gasteiger partial charge < -0.3 is 4.74 Å². The Bertz CT molecular complexity index is 1170. The molecule has 0 amide bonds. The Labute approximate surface area is 172 Å². The Morgan fingerprint density at radius 2 is 1.45 bits per heavy atom. The van der Waals surface area contributed by atoms with Crippen LogP contribution >= 0.6 is 0 Å².